The molecule has 0 radical (unpaired) electrons. The van der Waals surface area contributed by atoms with E-state index in [9.17, 15) is 0 Å². The monoisotopic (exact) mass is 162 g/mol. The SMILES string of the molecule is CCC/C=C/c1ccc(O)cc1. The molecule has 0 unspecified atom stereocenters. The normalized spacial score (nSPS) is 10.8. The van der Waals surface area contributed by atoms with Crippen LogP contribution in [0, 0.1) is 0 Å². The van der Waals surface area contributed by atoms with Crippen LogP contribution in [0.25, 0.3) is 6.08 Å². The van der Waals surface area contributed by atoms with Gasteiger partial charge in [0.2, 0.25) is 0 Å². The average molecular weight is 162 g/mol. The molecule has 0 saturated heterocycles. The minimum atomic E-state index is 0.322. The van der Waals surface area contributed by atoms with E-state index in [0.717, 1.165) is 12.0 Å². The van der Waals surface area contributed by atoms with Gasteiger partial charge in [-0.1, -0.05) is 37.6 Å². The molecule has 1 rings (SSSR count). The van der Waals surface area contributed by atoms with Crippen LogP contribution in [0.4, 0.5) is 0 Å². The van der Waals surface area contributed by atoms with Crippen LogP contribution in [0.5, 0.6) is 5.75 Å². The van der Waals surface area contributed by atoms with E-state index in [4.69, 9.17) is 5.11 Å². The molecular weight excluding hydrogens is 148 g/mol. The van der Waals surface area contributed by atoms with E-state index in [2.05, 4.69) is 19.1 Å². The zero-order valence-corrected chi connectivity index (χ0v) is 7.33. The second-order valence-electron chi connectivity index (χ2n) is 2.78. The van der Waals surface area contributed by atoms with Gasteiger partial charge < -0.3 is 5.11 Å². The summed E-state index contributed by atoms with van der Waals surface area (Å²) >= 11 is 0. The van der Waals surface area contributed by atoms with Crippen LogP contribution in [0.15, 0.2) is 30.3 Å². The lowest BCUT2D eigenvalue weighted by molar-refractivity contribution is 0.475. The predicted octanol–water partition coefficient (Wildman–Crippen LogP) is 3.21. The minimum absolute atomic E-state index is 0.322. The first-order valence-corrected chi connectivity index (χ1v) is 4.28. The fourth-order valence-corrected chi connectivity index (χ4v) is 0.972. The van der Waals surface area contributed by atoms with Crippen LogP contribution in [0.1, 0.15) is 25.3 Å². The molecule has 12 heavy (non-hydrogen) atoms. The number of allylic oxidation sites excluding steroid dienone is 1. The fraction of sp³-hybridized carbons (Fsp3) is 0.273. The molecule has 0 amide bonds. The lowest BCUT2D eigenvalue weighted by Crippen LogP contribution is -1.70. The van der Waals surface area contributed by atoms with Crippen molar-refractivity contribution in [3.63, 3.8) is 0 Å². The fourth-order valence-electron chi connectivity index (χ4n) is 0.972. The molecule has 0 aromatic heterocycles. The summed E-state index contributed by atoms with van der Waals surface area (Å²) in [6, 6.07) is 7.21. The van der Waals surface area contributed by atoms with Gasteiger partial charge in [0.05, 0.1) is 0 Å². The van der Waals surface area contributed by atoms with E-state index in [1.54, 1.807) is 12.1 Å². The maximum atomic E-state index is 9.00. The van der Waals surface area contributed by atoms with Crippen LogP contribution >= 0.6 is 0 Å². The number of benzene rings is 1. The summed E-state index contributed by atoms with van der Waals surface area (Å²) in [6.07, 6.45) is 6.50. The van der Waals surface area contributed by atoms with Gasteiger partial charge in [0.25, 0.3) is 0 Å². The quantitative estimate of drug-likeness (QED) is 0.723. The summed E-state index contributed by atoms with van der Waals surface area (Å²) in [7, 11) is 0. The number of unbranched alkanes of at least 4 members (excludes halogenated alkanes) is 1. The van der Waals surface area contributed by atoms with E-state index in [0.29, 0.717) is 5.75 Å². The van der Waals surface area contributed by atoms with Crippen molar-refractivity contribution in [3.05, 3.63) is 35.9 Å². The Bertz CT molecular complexity index is 246. The molecule has 0 aliphatic rings. The Balaban J connectivity index is 2.58. The standard InChI is InChI=1S/C11H14O/c1-2-3-4-5-10-6-8-11(12)9-7-10/h4-9,12H,2-3H2,1H3/b5-4+. The van der Waals surface area contributed by atoms with Gasteiger partial charge in [-0.3, -0.25) is 0 Å². The Hall–Kier alpha value is -1.24. The second kappa shape index (κ2) is 4.60. The molecule has 0 spiro atoms. The summed E-state index contributed by atoms with van der Waals surface area (Å²) < 4.78 is 0. The average Bonchev–Trinajstić information content (AvgIpc) is 2.09. The predicted molar refractivity (Wildman–Crippen MR) is 52.0 cm³/mol. The third-order valence-electron chi connectivity index (χ3n) is 1.66. The first-order valence-electron chi connectivity index (χ1n) is 4.28. The van der Waals surface area contributed by atoms with Crippen molar-refractivity contribution in [1.29, 1.82) is 0 Å². The van der Waals surface area contributed by atoms with Crippen LogP contribution in [-0.4, -0.2) is 5.11 Å². The van der Waals surface area contributed by atoms with Gasteiger partial charge in [0.15, 0.2) is 0 Å². The van der Waals surface area contributed by atoms with E-state index in [1.807, 2.05) is 12.1 Å². The summed E-state index contributed by atoms with van der Waals surface area (Å²) in [5.74, 6) is 0.322. The van der Waals surface area contributed by atoms with Crippen molar-refractivity contribution >= 4 is 6.08 Å². The molecule has 0 heterocycles. The number of rotatable bonds is 3. The molecule has 1 nitrogen and oxygen atoms in total. The van der Waals surface area contributed by atoms with Crippen molar-refractivity contribution in [2.24, 2.45) is 0 Å². The van der Waals surface area contributed by atoms with Crippen LogP contribution in [0.3, 0.4) is 0 Å². The Morgan fingerprint density at radius 3 is 2.50 bits per heavy atom. The van der Waals surface area contributed by atoms with Crippen LogP contribution in [0.2, 0.25) is 0 Å². The second-order valence-corrected chi connectivity index (χ2v) is 2.78. The largest absolute Gasteiger partial charge is 0.508 e. The Morgan fingerprint density at radius 2 is 1.92 bits per heavy atom. The van der Waals surface area contributed by atoms with Gasteiger partial charge in [-0.25, -0.2) is 0 Å². The first kappa shape index (κ1) is 8.85. The molecule has 1 aromatic carbocycles. The molecule has 0 atom stereocenters. The highest BCUT2D eigenvalue weighted by molar-refractivity contribution is 5.50. The maximum Gasteiger partial charge on any atom is 0.115 e. The number of aromatic hydroxyl groups is 1. The van der Waals surface area contributed by atoms with Gasteiger partial charge in [0, 0.05) is 0 Å². The molecule has 0 saturated carbocycles. The summed E-state index contributed by atoms with van der Waals surface area (Å²) in [5.41, 5.74) is 1.14. The molecule has 1 heteroatoms. The highest BCUT2D eigenvalue weighted by atomic mass is 16.3. The molecular formula is C11H14O. The van der Waals surface area contributed by atoms with Gasteiger partial charge in [-0.05, 0) is 24.1 Å². The van der Waals surface area contributed by atoms with Gasteiger partial charge in [-0.2, -0.15) is 0 Å². The van der Waals surface area contributed by atoms with Gasteiger partial charge in [0.1, 0.15) is 5.75 Å². The highest BCUT2D eigenvalue weighted by Gasteiger charge is 1.86. The number of phenols is 1. The topological polar surface area (TPSA) is 20.2 Å². The first-order chi connectivity index (χ1) is 5.83. The third-order valence-corrected chi connectivity index (χ3v) is 1.66. The van der Waals surface area contributed by atoms with Crippen molar-refractivity contribution in [2.45, 2.75) is 19.8 Å². The lowest BCUT2D eigenvalue weighted by Gasteiger charge is -1.93. The molecule has 1 aromatic rings. The molecule has 64 valence electrons. The Morgan fingerprint density at radius 1 is 1.25 bits per heavy atom. The van der Waals surface area contributed by atoms with Crippen molar-refractivity contribution in [3.8, 4) is 5.75 Å². The lowest BCUT2D eigenvalue weighted by atomic mass is 10.2. The molecule has 0 aliphatic heterocycles. The minimum Gasteiger partial charge on any atom is -0.508 e. The summed E-state index contributed by atoms with van der Waals surface area (Å²) in [5, 5.41) is 9.00. The van der Waals surface area contributed by atoms with Crippen LogP contribution in [-0.2, 0) is 0 Å². The van der Waals surface area contributed by atoms with Gasteiger partial charge in [-0.15, -0.1) is 0 Å². The number of hydrogen-bond acceptors (Lipinski definition) is 1. The maximum absolute atomic E-state index is 9.00. The van der Waals surface area contributed by atoms with Crippen LogP contribution < -0.4 is 0 Å². The highest BCUT2D eigenvalue weighted by Crippen LogP contribution is 2.10. The molecule has 0 fully saturated rings. The summed E-state index contributed by atoms with van der Waals surface area (Å²) in [6.45, 7) is 2.15. The smallest absolute Gasteiger partial charge is 0.115 e. The number of hydrogen-bond donors (Lipinski definition) is 1. The van der Waals surface area contributed by atoms with Crippen molar-refractivity contribution in [2.75, 3.05) is 0 Å². The third kappa shape index (κ3) is 2.79. The van der Waals surface area contributed by atoms with Crippen molar-refractivity contribution < 1.29 is 5.11 Å². The van der Waals surface area contributed by atoms with Gasteiger partial charge >= 0.3 is 0 Å². The number of phenolic OH excluding ortho intramolecular Hbond substituents is 1. The Kier molecular flexibility index (Phi) is 3.39. The van der Waals surface area contributed by atoms with E-state index in [-0.39, 0.29) is 0 Å². The summed E-state index contributed by atoms with van der Waals surface area (Å²) in [4.78, 5) is 0. The van der Waals surface area contributed by atoms with E-state index >= 15 is 0 Å². The zero-order chi connectivity index (χ0) is 8.81. The zero-order valence-electron chi connectivity index (χ0n) is 7.33. The molecule has 1 N–H and O–H groups in total. The molecule has 0 bridgehead atoms. The van der Waals surface area contributed by atoms with E-state index < -0.39 is 0 Å². The van der Waals surface area contributed by atoms with E-state index in [1.165, 1.54) is 6.42 Å². The Labute approximate surface area is 73.4 Å². The molecule has 0 aliphatic carbocycles. The van der Waals surface area contributed by atoms with Crippen molar-refractivity contribution in [1.82, 2.24) is 0 Å².